The topological polar surface area (TPSA) is 67.4 Å². The summed E-state index contributed by atoms with van der Waals surface area (Å²) >= 11 is 0. The number of halogens is 3. The van der Waals surface area contributed by atoms with Gasteiger partial charge in [0.25, 0.3) is 5.91 Å². The Bertz CT molecular complexity index is 504. The van der Waals surface area contributed by atoms with Gasteiger partial charge in [0.15, 0.2) is 0 Å². The van der Waals surface area contributed by atoms with Gasteiger partial charge in [0, 0.05) is 13.1 Å². The Labute approximate surface area is 119 Å². The van der Waals surface area contributed by atoms with E-state index in [2.05, 4.69) is 5.32 Å². The van der Waals surface area contributed by atoms with Gasteiger partial charge in [-0.2, -0.15) is 13.2 Å². The Morgan fingerprint density at radius 1 is 1.14 bits per heavy atom. The van der Waals surface area contributed by atoms with Gasteiger partial charge in [0.2, 0.25) is 0 Å². The largest absolute Gasteiger partial charge is 0.496 e. The SMILES string of the molecule is COc1ccccc1C(=O)NCCCNC(=O)C(F)(F)F. The van der Waals surface area contributed by atoms with E-state index in [1.165, 1.54) is 7.11 Å². The van der Waals surface area contributed by atoms with Crippen molar-refractivity contribution in [3.05, 3.63) is 29.8 Å². The standard InChI is InChI=1S/C13H15F3N2O3/c1-21-10-6-3-2-5-9(10)11(19)17-7-4-8-18-12(20)13(14,15)16/h2-3,5-6H,4,7-8H2,1H3,(H,17,19)(H,18,20). The quantitative estimate of drug-likeness (QED) is 0.783. The van der Waals surface area contributed by atoms with Crippen molar-refractivity contribution in [3.8, 4) is 5.75 Å². The van der Waals surface area contributed by atoms with Gasteiger partial charge in [0.05, 0.1) is 12.7 Å². The summed E-state index contributed by atoms with van der Waals surface area (Å²) in [6.45, 7) is -0.0421. The molecule has 0 aliphatic heterocycles. The molecule has 21 heavy (non-hydrogen) atoms. The van der Waals surface area contributed by atoms with Gasteiger partial charge in [-0.15, -0.1) is 0 Å². The maximum atomic E-state index is 11.9. The van der Waals surface area contributed by atoms with E-state index < -0.39 is 18.0 Å². The van der Waals surface area contributed by atoms with Crippen molar-refractivity contribution in [2.24, 2.45) is 0 Å². The molecule has 0 aromatic heterocycles. The minimum Gasteiger partial charge on any atom is -0.496 e. The predicted molar refractivity (Wildman–Crippen MR) is 69.0 cm³/mol. The number of amides is 2. The highest BCUT2D eigenvalue weighted by Gasteiger charge is 2.38. The van der Waals surface area contributed by atoms with Crippen LogP contribution in [0.3, 0.4) is 0 Å². The van der Waals surface area contributed by atoms with Crippen molar-refractivity contribution in [2.45, 2.75) is 12.6 Å². The number of rotatable bonds is 6. The van der Waals surface area contributed by atoms with E-state index in [0.717, 1.165) is 0 Å². The van der Waals surface area contributed by atoms with E-state index in [1.807, 2.05) is 0 Å². The van der Waals surface area contributed by atoms with Crippen LogP contribution in [-0.4, -0.2) is 38.2 Å². The zero-order valence-corrected chi connectivity index (χ0v) is 11.3. The molecule has 0 aliphatic rings. The number of ether oxygens (including phenoxy) is 1. The van der Waals surface area contributed by atoms with Gasteiger partial charge >= 0.3 is 12.1 Å². The summed E-state index contributed by atoms with van der Waals surface area (Å²) in [6.07, 6.45) is -4.70. The van der Waals surface area contributed by atoms with Crippen LogP contribution in [0.25, 0.3) is 0 Å². The van der Waals surface area contributed by atoms with Gasteiger partial charge in [0.1, 0.15) is 5.75 Å². The summed E-state index contributed by atoms with van der Waals surface area (Å²) in [4.78, 5) is 22.3. The molecule has 0 aliphatic carbocycles. The van der Waals surface area contributed by atoms with E-state index in [9.17, 15) is 22.8 Å². The fourth-order valence-corrected chi connectivity index (χ4v) is 1.52. The maximum absolute atomic E-state index is 11.9. The van der Waals surface area contributed by atoms with Crippen molar-refractivity contribution >= 4 is 11.8 Å². The number of para-hydroxylation sites is 1. The molecule has 1 rings (SSSR count). The zero-order valence-electron chi connectivity index (χ0n) is 11.3. The van der Waals surface area contributed by atoms with E-state index >= 15 is 0 Å². The zero-order chi connectivity index (χ0) is 15.9. The van der Waals surface area contributed by atoms with Gasteiger partial charge in [-0.05, 0) is 18.6 Å². The van der Waals surface area contributed by atoms with Crippen molar-refractivity contribution < 1.29 is 27.5 Å². The number of nitrogens with one attached hydrogen (secondary N) is 2. The van der Waals surface area contributed by atoms with Crippen LogP contribution in [-0.2, 0) is 4.79 Å². The van der Waals surface area contributed by atoms with Crippen LogP contribution in [0.15, 0.2) is 24.3 Å². The van der Waals surface area contributed by atoms with Crippen LogP contribution in [0, 0.1) is 0 Å². The number of carbonyl (C=O) groups excluding carboxylic acids is 2. The molecule has 0 unspecified atom stereocenters. The van der Waals surface area contributed by atoms with Crippen LogP contribution >= 0.6 is 0 Å². The summed E-state index contributed by atoms with van der Waals surface area (Å²) in [7, 11) is 1.43. The van der Waals surface area contributed by atoms with E-state index in [0.29, 0.717) is 11.3 Å². The second-order valence-corrected chi connectivity index (χ2v) is 4.06. The molecule has 0 saturated heterocycles. The lowest BCUT2D eigenvalue weighted by molar-refractivity contribution is -0.173. The predicted octanol–water partition coefficient (Wildman–Crippen LogP) is 1.49. The fraction of sp³-hybridized carbons (Fsp3) is 0.385. The first-order chi connectivity index (χ1) is 9.86. The van der Waals surface area contributed by atoms with Gasteiger partial charge in [-0.25, -0.2) is 0 Å². The summed E-state index contributed by atoms with van der Waals surface area (Å²) in [6, 6.07) is 6.57. The smallest absolute Gasteiger partial charge is 0.471 e. The highest BCUT2D eigenvalue weighted by Crippen LogP contribution is 2.16. The molecule has 0 atom stereocenters. The van der Waals surface area contributed by atoms with Crippen LogP contribution in [0.4, 0.5) is 13.2 Å². The van der Waals surface area contributed by atoms with E-state index in [-0.39, 0.29) is 19.5 Å². The minimum atomic E-state index is -4.89. The lowest BCUT2D eigenvalue weighted by atomic mass is 10.2. The number of carbonyl (C=O) groups is 2. The van der Waals surface area contributed by atoms with Crippen molar-refractivity contribution in [1.82, 2.24) is 10.6 Å². The molecule has 5 nitrogen and oxygen atoms in total. The second-order valence-electron chi connectivity index (χ2n) is 4.06. The summed E-state index contributed by atoms with van der Waals surface area (Å²) in [5.41, 5.74) is 0.333. The summed E-state index contributed by atoms with van der Waals surface area (Å²) in [5, 5.41) is 4.25. The van der Waals surface area contributed by atoms with Gasteiger partial charge < -0.3 is 15.4 Å². The van der Waals surface area contributed by atoms with Crippen LogP contribution < -0.4 is 15.4 Å². The third-order valence-corrected chi connectivity index (χ3v) is 2.53. The number of hydrogen-bond acceptors (Lipinski definition) is 3. The Hall–Kier alpha value is -2.25. The van der Waals surface area contributed by atoms with Gasteiger partial charge in [-0.3, -0.25) is 9.59 Å². The Balaban J connectivity index is 2.33. The third kappa shape index (κ3) is 5.33. The molecule has 0 radical (unpaired) electrons. The molecule has 116 valence electrons. The normalized spacial score (nSPS) is 10.9. The first-order valence-corrected chi connectivity index (χ1v) is 6.12. The fourth-order valence-electron chi connectivity index (χ4n) is 1.52. The van der Waals surface area contributed by atoms with Crippen LogP contribution in [0.5, 0.6) is 5.75 Å². The number of methoxy groups -OCH3 is 1. The van der Waals surface area contributed by atoms with E-state index in [4.69, 9.17) is 4.74 Å². The molecule has 0 bridgehead atoms. The molecule has 0 fully saturated rings. The van der Waals surface area contributed by atoms with Crippen LogP contribution in [0.1, 0.15) is 16.8 Å². The molecule has 0 heterocycles. The summed E-state index contributed by atoms with van der Waals surface area (Å²) < 4.78 is 40.7. The van der Waals surface area contributed by atoms with Crippen LogP contribution in [0.2, 0.25) is 0 Å². The monoisotopic (exact) mass is 304 g/mol. The Kier molecular flexibility index (Phi) is 6.01. The molecule has 0 saturated carbocycles. The first-order valence-electron chi connectivity index (χ1n) is 6.12. The summed E-state index contributed by atoms with van der Waals surface area (Å²) in [5.74, 6) is -1.98. The molecular formula is C13H15F3N2O3. The highest BCUT2D eigenvalue weighted by molar-refractivity contribution is 5.96. The average molecular weight is 304 g/mol. The Morgan fingerprint density at radius 3 is 2.38 bits per heavy atom. The highest BCUT2D eigenvalue weighted by atomic mass is 19.4. The maximum Gasteiger partial charge on any atom is 0.471 e. The van der Waals surface area contributed by atoms with Gasteiger partial charge in [-0.1, -0.05) is 12.1 Å². The number of benzene rings is 1. The minimum absolute atomic E-state index is 0.134. The molecule has 1 aromatic carbocycles. The molecule has 0 spiro atoms. The molecule has 8 heteroatoms. The molecule has 2 N–H and O–H groups in total. The van der Waals surface area contributed by atoms with Crippen molar-refractivity contribution in [3.63, 3.8) is 0 Å². The average Bonchev–Trinajstić information content (AvgIpc) is 2.45. The number of alkyl halides is 3. The Morgan fingerprint density at radius 2 is 1.76 bits per heavy atom. The van der Waals surface area contributed by atoms with Crippen molar-refractivity contribution in [1.29, 1.82) is 0 Å². The molecule has 2 amide bonds. The lowest BCUT2D eigenvalue weighted by Crippen LogP contribution is -2.38. The molecule has 1 aromatic rings. The lowest BCUT2D eigenvalue weighted by Gasteiger charge is -2.10. The van der Waals surface area contributed by atoms with E-state index in [1.54, 1.807) is 29.6 Å². The second kappa shape index (κ2) is 7.51. The number of hydrogen-bond donors (Lipinski definition) is 2. The first kappa shape index (κ1) is 16.8. The van der Waals surface area contributed by atoms with Crippen molar-refractivity contribution in [2.75, 3.05) is 20.2 Å². The molecular weight excluding hydrogens is 289 g/mol. The third-order valence-electron chi connectivity index (χ3n) is 2.53.